The van der Waals surface area contributed by atoms with E-state index in [0.717, 1.165) is 23.9 Å². The lowest BCUT2D eigenvalue weighted by molar-refractivity contribution is -0.137. The smallest absolute Gasteiger partial charge is 0.416 e. The molecule has 2 aromatic rings. The van der Waals surface area contributed by atoms with Crippen LogP contribution in [0.15, 0.2) is 26.8 Å². The second-order valence-corrected chi connectivity index (χ2v) is 4.28. The number of nitrogen functional groups attached to an aromatic ring is 1. The van der Waals surface area contributed by atoms with Gasteiger partial charge in [0.1, 0.15) is 10.8 Å². The lowest BCUT2D eigenvalue weighted by atomic mass is 10.2. The van der Waals surface area contributed by atoms with Crippen LogP contribution in [0.25, 0.3) is 0 Å². The highest BCUT2D eigenvalue weighted by molar-refractivity contribution is 7.99. The van der Waals surface area contributed by atoms with Gasteiger partial charge in [0.15, 0.2) is 0 Å². The van der Waals surface area contributed by atoms with Crippen molar-refractivity contribution in [1.82, 2.24) is 15.2 Å². The number of hydrogen-bond donors (Lipinski definition) is 1. The SMILES string of the molecule is Cc1nnc(Sc2cc(C(F)(F)F)cc(N)n2)o1. The molecule has 0 aliphatic carbocycles. The molecule has 0 aliphatic rings. The first-order valence-corrected chi connectivity index (χ1v) is 5.49. The lowest BCUT2D eigenvalue weighted by Gasteiger charge is -2.08. The van der Waals surface area contributed by atoms with E-state index < -0.39 is 11.7 Å². The molecule has 0 spiro atoms. The zero-order valence-corrected chi connectivity index (χ0v) is 9.84. The summed E-state index contributed by atoms with van der Waals surface area (Å²) in [4.78, 5) is 3.76. The van der Waals surface area contributed by atoms with Crippen LogP contribution in [0, 0.1) is 6.92 Å². The van der Waals surface area contributed by atoms with E-state index in [9.17, 15) is 13.2 Å². The van der Waals surface area contributed by atoms with Crippen LogP contribution in [0.3, 0.4) is 0 Å². The van der Waals surface area contributed by atoms with Gasteiger partial charge < -0.3 is 10.2 Å². The molecule has 0 aromatic carbocycles. The van der Waals surface area contributed by atoms with Gasteiger partial charge in [-0.1, -0.05) is 0 Å². The molecule has 2 heterocycles. The van der Waals surface area contributed by atoms with E-state index in [-0.39, 0.29) is 16.1 Å². The quantitative estimate of drug-likeness (QED) is 0.908. The van der Waals surface area contributed by atoms with Gasteiger partial charge in [-0.15, -0.1) is 10.2 Å². The summed E-state index contributed by atoms with van der Waals surface area (Å²) >= 11 is 0.821. The zero-order chi connectivity index (χ0) is 13.3. The zero-order valence-electron chi connectivity index (χ0n) is 9.02. The number of rotatable bonds is 2. The van der Waals surface area contributed by atoms with Crippen molar-refractivity contribution in [3.8, 4) is 0 Å². The van der Waals surface area contributed by atoms with Crippen LogP contribution in [0.5, 0.6) is 0 Å². The fraction of sp³-hybridized carbons (Fsp3) is 0.222. The first kappa shape index (κ1) is 12.7. The maximum absolute atomic E-state index is 12.5. The van der Waals surface area contributed by atoms with Crippen LogP contribution in [-0.4, -0.2) is 15.2 Å². The molecule has 2 aromatic heterocycles. The number of nitrogens with two attached hydrogens (primary N) is 1. The third-order valence-corrected chi connectivity index (χ3v) is 2.61. The van der Waals surface area contributed by atoms with E-state index >= 15 is 0 Å². The maximum atomic E-state index is 12.5. The average molecular weight is 276 g/mol. The van der Waals surface area contributed by atoms with Crippen LogP contribution < -0.4 is 5.73 Å². The summed E-state index contributed by atoms with van der Waals surface area (Å²) in [7, 11) is 0. The Morgan fingerprint density at radius 3 is 2.56 bits per heavy atom. The van der Waals surface area contributed by atoms with Crippen molar-refractivity contribution < 1.29 is 17.6 Å². The van der Waals surface area contributed by atoms with Gasteiger partial charge in [-0.3, -0.25) is 0 Å². The van der Waals surface area contributed by atoms with Gasteiger partial charge in [0, 0.05) is 6.92 Å². The summed E-state index contributed by atoms with van der Waals surface area (Å²) in [5.41, 5.74) is 4.46. The van der Waals surface area contributed by atoms with Crippen LogP contribution in [-0.2, 0) is 6.18 Å². The normalized spacial score (nSPS) is 11.8. The van der Waals surface area contributed by atoms with E-state index in [1.54, 1.807) is 6.92 Å². The molecule has 0 unspecified atom stereocenters. The minimum absolute atomic E-state index is 0.0472. The van der Waals surface area contributed by atoms with E-state index in [0.29, 0.717) is 5.89 Å². The second kappa shape index (κ2) is 4.48. The van der Waals surface area contributed by atoms with Gasteiger partial charge in [-0.2, -0.15) is 13.2 Å². The van der Waals surface area contributed by atoms with Gasteiger partial charge in [-0.25, -0.2) is 4.98 Å². The van der Waals surface area contributed by atoms with Crippen molar-refractivity contribution in [1.29, 1.82) is 0 Å². The number of alkyl halides is 3. The first-order valence-electron chi connectivity index (χ1n) is 4.67. The van der Waals surface area contributed by atoms with Crippen molar-refractivity contribution in [2.24, 2.45) is 0 Å². The molecular formula is C9H7F3N4OS. The Balaban J connectivity index is 2.31. The molecule has 9 heteroatoms. The summed E-state index contributed by atoms with van der Waals surface area (Å²) in [6.45, 7) is 1.57. The molecular weight excluding hydrogens is 269 g/mol. The van der Waals surface area contributed by atoms with Gasteiger partial charge in [0.2, 0.25) is 5.89 Å². The van der Waals surface area contributed by atoms with Crippen molar-refractivity contribution in [2.45, 2.75) is 23.3 Å². The summed E-state index contributed by atoms with van der Waals surface area (Å²) < 4.78 is 42.7. The molecule has 0 saturated heterocycles. The maximum Gasteiger partial charge on any atom is 0.416 e. The molecule has 2 rings (SSSR count). The van der Waals surface area contributed by atoms with E-state index in [1.165, 1.54) is 0 Å². The Hall–Kier alpha value is -1.77. The minimum Gasteiger partial charge on any atom is -0.416 e. The van der Waals surface area contributed by atoms with E-state index in [1.807, 2.05) is 0 Å². The molecule has 0 aliphatic heterocycles. The fourth-order valence-electron chi connectivity index (χ4n) is 1.15. The average Bonchev–Trinajstić information content (AvgIpc) is 2.61. The topological polar surface area (TPSA) is 77.8 Å². The molecule has 0 fully saturated rings. The Morgan fingerprint density at radius 2 is 2.00 bits per heavy atom. The Bertz CT molecular complexity index is 569. The van der Waals surface area contributed by atoms with E-state index in [2.05, 4.69) is 15.2 Å². The highest BCUT2D eigenvalue weighted by Crippen LogP contribution is 2.34. The predicted molar refractivity (Wildman–Crippen MR) is 56.8 cm³/mol. The molecule has 0 radical (unpaired) electrons. The van der Waals surface area contributed by atoms with Crippen LogP contribution in [0.2, 0.25) is 0 Å². The Labute approximate surface area is 104 Å². The Kier molecular flexibility index (Phi) is 3.16. The van der Waals surface area contributed by atoms with Crippen LogP contribution in [0.4, 0.5) is 19.0 Å². The number of anilines is 1. The van der Waals surface area contributed by atoms with Crippen LogP contribution >= 0.6 is 11.8 Å². The number of aromatic nitrogens is 3. The third-order valence-electron chi connectivity index (χ3n) is 1.85. The molecule has 0 amide bonds. The molecule has 2 N–H and O–H groups in total. The summed E-state index contributed by atoms with van der Waals surface area (Å²) in [5.74, 6) is 0.0982. The number of hydrogen-bond acceptors (Lipinski definition) is 6. The van der Waals surface area contributed by atoms with Crippen LogP contribution in [0.1, 0.15) is 11.5 Å². The molecule has 0 atom stereocenters. The van der Waals surface area contributed by atoms with Gasteiger partial charge in [0.05, 0.1) is 5.56 Å². The summed E-state index contributed by atoms with van der Waals surface area (Å²) in [5, 5.41) is 7.36. The van der Waals surface area contributed by atoms with Gasteiger partial charge in [-0.05, 0) is 23.9 Å². The van der Waals surface area contributed by atoms with Crippen molar-refractivity contribution in [2.75, 3.05) is 5.73 Å². The minimum atomic E-state index is -4.48. The fourth-order valence-corrected chi connectivity index (χ4v) is 1.91. The third kappa shape index (κ3) is 2.92. The van der Waals surface area contributed by atoms with Gasteiger partial charge in [0.25, 0.3) is 5.22 Å². The summed E-state index contributed by atoms with van der Waals surface area (Å²) in [6.07, 6.45) is -4.48. The standard InChI is InChI=1S/C9H7F3N4OS/c1-4-15-16-8(17-4)18-7-3-5(9(10,11)12)2-6(13)14-7/h2-3H,1H3,(H2,13,14). The highest BCUT2D eigenvalue weighted by atomic mass is 32.2. The molecule has 0 saturated carbocycles. The van der Waals surface area contributed by atoms with Gasteiger partial charge >= 0.3 is 6.18 Å². The number of pyridine rings is 1. The van der Waals surface area contributed by atoms with Crippen molar-refractivity contribution in [3.63, 3.8) is 0 Å². The number of aryl methyl sites for hydroxylation is 1. The molecule has 96 valence electrons. The highest BCUT2D eigenvalue weighted by Gasteiger charge is 2.31. The lowest BCUT2D eigenvalue weighted by Crippen LogP contribution is -2.07. The Morgan fingerprint density at radius 1 is 1.28 bits per heavy atom. The summed E-state index contributed by atoms with van der Waals surface area (Å²) in [6, 6.07) is 1.64. The first-order chi connectivity index (χ1) is 8.34. The second-order valence-electron chi connectivity index (χ2n) is 3.31. The predicted octanol–water partition coefficient (Wildman–Crippen LogP) is 2.53. The molecule has 18 heavy (non-hydrogen) atoms. The number of nitrogens with zero attached hydrogens (tertiary/aromatic N) is 3. The monoisotopic (exact) mass is 276 g/mol. The number of halogens is 3. The largest absolute Gasteiger partial charge is 0.416 e. The molecule has 5 nitrogen and oxygen atoms in total. The molecule has 0 bridgehead atoms. The van der Waals surface area contributed by atoms with E-state index in [4.69, 9.17) is 10.2 Å². The van der Waals surface area contributed by atoms with Crippen molar-refractivity contribution in [3.05, 3.63) is 23.6 Å². The van der Waals surface area contributed by atoms with Crippen molar-refractivity contribution >= 4 is 17.6 Å².